The molecule has 7 heteroatoms. The lowest BCUT2D eigenvalue weighted by molar-refractivity contribution is 0.316. The van der Waals surface area contributed by atoms with Crippen LogP contribution in [0.15, 0.2) is 5.16 Å². The second-order valence-corrected chi connectivity index (χ2v) is 5.79. The van der Waals surface area contributed by atoms with Crippen molar-refractivity contribution in [1.29, 1.82) is 0 Å². The van der Waals surface area contributed by atoms with Gasteiger partial charge in [0.15, 0.2) is 0 Å². The highest BCUT2D eigenvalue weighted by molar-refractivity contribution is 7.89. The molecule has 4 N–H and O–H groups in total. The molecule has 0 aliphatic carbocycles. The molecule has 0 saturated heterocycles. The van der Waals surface area contributed by atoms with E-state index in [1.54, 1.807) is 6.92 Å². The molecule has 0 aliphatic rings. The number of rotatable bonds is 6. The molecular weight excluding hydrogens is 218 g/mol. The van der Waals surface area contributed by atoms with E-state index in [2.05, 4.69) is 9.88 Å². The minimum Gasteiger partial charge on any atom is -0.409 e. The first-order valence-electron chi connectivity index (χ1n) is 4.73. The average Bonchev–Trinajstić information content (AvgIpc) is 1.99. The maximum Gasteiger partial charge on any atom is 0.212 e. The highest BCUT2D eigenvalue weighted by Crippen LogP contribution is 2.00. The van der Waals surface area contributed by atoms with Crippen LogP contribution in [0.25, 0.3) is 0 Å². The van der Waals surface area contributed by atoms with E-state index in [4.69, 9.17) is 10.9 Å². The van der Waals surface area contributed by atoms with Crippen LogP contribution < -0.4 is 10.5 Å². The first-order chi connectivity index (χ1) is 6.76. The molecule has 0 bridgehead atoms. The average molecular weight is 237 g/mol. The van der Waals surface area contributed by atoms with Crippen molar-refractivity contribution in [2.24, 2.45) is 16.8 Å². The van der Waals surface area contributed by atoms with Crippen LogP contribution in [0, 0.1) is 5.92 Å². The number of sulfonamides is 1. The van der Waals surface area contributed by atoms with Crippen molar-refractivity contribution in [2.75, 3.05) is 5.75 Å². The SMILES string of the molecule is CC(C)CS(=O)(=O)NC(C)CC(N)=NO. The third-order valence-corrected chi connectivity index (χ3v) is 3.44. The Kier molecular flexibility index (Phi) is 5.59. The van der Waals surface area contributed by atoms with E-state index in [0.717, 1.165) is 0 Å². The van der Waals surface area contributed by atoms with E-state index in [-0.39, 0.29) is 30.0 Å². The van der Waals surface area contributed by atoms with Gasteiger partial charge in [0.1, 0.15) is 5.84 Å². The van der Waals surface area contributed by atoms with Crippen LogP contribution in [0.1, 0.15) is 27.2 Å². The Hall–Kier alpha value is -0.820. The summed E-state index contributed by atoms with van der Waals surface area (Å²) in [6.07, 6.45) is 0.188. The summed E-state index contributed by atoms with van der Waals surface area (Å²) >= 11 is 0. The Morgan fingerprint density at radius 2 is 2.00 bits per heavy atom. The van der Waals surface area contributed by atoms with Crippen molar-refractivity contribution in [2.45, 2.75) is 33.2 Å². The van der Waals surface area contributed by atoms with Gasteiger partial charge in [0, 0.05) is 12.5 Å². The Labute approximate surface area is 90.6 Å². The fraction of sp³-hybridized carbons (Fsp3) is 0.875. The van der Waals surface area contributed by atoms with Crippen molar-refractivity contribution >= 4 is 15.9 Å². The molecular formula is C8H19N3O3S. The van der Waals surface area contributed by atoms with E-state index in [0.29, 0.717) is 0 Å². The Bertz CT molecular complexity index is 311. The lowest BCUT2D eigenvalue weighted by Crippen LogP contribution is -2.38. The number of nitrogens with two attached hydrogens (primary N) is 1. The smallest absolute Gasteiger partial charge is 0.212 e. The number of nitrogens with zero attached hydrogens (tertiary/aromatic N) is 1. The van der Waals surface area contributed by atoms with Gasteiger partial charge in [0.2, 0.25) is 10.0 Å². The number of hydrogen-bond acceptors (Lipinski definition) is 4. The molecule has 0 heterocycles. The first-order valence-corrected chi connectivity index (χ1v) is 6.38. The fourth-order valence-electron chi connectivity index (χ4n) is 1.19. The summed E-state index contributed by atoms with van der Waals surface area (Å²) in [4.78, 5) is 0. The molecule has 0 saturated carbocycles. The molecule has 0 aromatic carbocycles. The molecule has 0 aliphatic heterocycles. The second kappa shape index (κ2) is 5.92. The highest BCUT2D eigenvalue weighted by Gasteiger charge is 2.16. The van der Waals surface area contributed by atoms with E-state index in [1.807, 2.05) is 13.8 Å². The van der Waals surface area contributed by atoms with Crippen molar-refractivity contribution in [3.05, 3.63) is 0 Å². The van der Waals surface area contributed by atoms with Gasteiger partial charge in [-0.25, -0.2) is 13.1 Å². The summed E-state index contributed by atoms with van der Waals surface area (Å²) in [6, 6.07) is -0.371. The van der Waals surface area contributed by atoms with Crippen LogP contribution in [0.3, 0.4) is 0 Å². The lowest BCUT2D eigenvalue weighted by Gasteiger charge is -2.14. The zero-order chi connectivity index (χ0) is 12.1. The summed E-state index contributed by atoms with van der Waals surface area (Å²) in [5.41, 5.74) is 5.26. The standard InChI is InChI=1S/C8H19N3O3S/c1-6(2)5-15(13,14)11-7(3)4-8(9)10-12/h6-7,11-12H,4-5H2,1-3H3,(H2,9,10). The fourth-order valence-corrected chi connectivity index (χ4v) is 2.86. The topological polar surface area (TPSA) is 105 Å². The zero-order valence-electron chi connectivity index (χ0n) is 9.27. The monoisotopic (exact) mass is 237 g/mol. The third kappa shape index (κ3) is 7.15. The molecule has 0 aromatic heterocycles. The van der Waals surface area contributed by atoms with Gasteiger partial charge in [0.25, 0.3) is 0 Å². The molecule has 6 nitrogen and oxygen atoms in total. The van der Waals surface area contributed by atoms with Crippen LogP contribution in [0.2, 0.25) is 0 Å². The highest BCUT2D eigenvalue weighted by atomic mass is 32.2. The van der Waals surface area contributed by atoms with Crippen LogP contribution >= 0.6 is 0 Å². The molecule has 0 rings (SSSR count). The van der Waals surface area contributed by atoms with E-state index in [1.165, 1.54) is 0 Å². The van der Waals surface area contributed by atoms with Gasteiger partial charge in [-0.15, -0.1) is 0 Å². The molecule has 1 atom stereocenters. The predicted octanol–water partition coefficient (Wildman–Crippen LogP) is 0.0868. The molecule has 15 heavy (non-hydrogen) atoms. The van der Waals surface area contributed by atoms with Gasteiger partial charge in [-0.3, -0.25) is 0 Å². The summed E-state index contributed by atoms with van der Waals surface area (Å²) in [5, 5.41) is 11.1. The summed E-state index contributed by atoms with van der Waals surface area (Å²) in [6.45, 7) is 5.32. The first kappa shape index (κ1) is 14.2. The van der Waals surface area contributed by atoms with Crippen molar-refractivity contribution in [3.8, 4) is 0 Å². The minimum absolute atomic E-state index is 0.00902. The zero-order valence-corrected chi connectivity index (χ0v) is 10.1. The third-order valence-electron chi connectivity index (χ3n) is 1.58. The predicted molar refractivity (Wildman–Crippen MR) is 59.2 cm³/mol. The Balaban J connectivity index is 4.22. The summed E-state index contributed by atoms with van der Waals surface area (Å²) in [5.74, 6) is 0.154. The quantitative estimate of drug-likeness (QED) is 0.263. The van der Waals surface area contributed by atoms with Crippen molar-refractivity contribution in [3.63, 3.8) is 0 Å². The van der Waals surface area contributed by atoms with Crippen molar-refractivity contribution < 1.29 is 13.6 Å². The lowest BCUT2D eigenvalue weighted by atomic mass is 10.2. The molecule has 0 aromatic rings. The van der Waals surface area contributed by atoms with E-state index < -0.39 is 10.0 Å². The van der Waals surface area contributed by atoms with Crippen LogP contribution in [0.4, 0.5) is 0 Å². The van der Waals surface area contributed by atoms with Gasteiger partial charge in [0.05, 0.1) is 5.75 Å². The Morgan fingerprint density at radius 3 is 2.40 bits per heavy atom. The minimum atomic E-state index is -3.28. The summed E-state index contributed by atoms with van der Waals surface area (Å²) < 4.78 is 25.4. The van der Waals surface area contributed by atoms with Crippen LogP contribution in [-0.2, 0) is 10.0 Å². The number of amidine groups is 1. The molecule has 90 valence electrons. The molecule has 1 unspecified atom stereocenters. The van der Waals surface area contributed by atoms with E-state index in [9.17, 15) is 8.42 Å². The van der Waals surface area contributed by atoms with Gasteiger partial charge in [-0.05, 0) is 12.8 Å². The molecule has 0 radical (unpaired) electrons. The van der Waals surface area contributed by atoms with Gasteiger partial charge in [-0.2, -0.15) is 0 Å². The largest absolute Gasteiger partial charge is 0.409 e. The maximum absolute atomic E-state index is 11.5. The van der Waals surface area contributed by atoms with Crippen molar-refractivity contribution in [1.82, 2.24) is 4.72 Å². The maximum atomic E-state index is 11.5. The van der Waals surface area contributed by atoms with Gasteiger partial charge in [-0.1, -0.05) is 19.0 Å². The normalized spacial score (nSPS) is 15.6. The Morgan fingerprint density at radius 1 is 1.47 bits per heavy atom. The van der Waals surface area contributed by atoms with Crippen LogP contribution in [0.5, 0.6) is 0 Å². The molecule has 0 fully saturated rings. The second-order valence-electron chi connectivity index (χ2n) is 3.99. The van der Waals surface area contributed by atoms with E-state index >= 15 is 0 Å². The molecule has 0 amide bonds. The van der Waals surface area contributed by atoms with Gasteiger partial charge >= 0.3 is 0 Å². The number of hydrogen-bond donors (Lipinski definition) is 3. The number of nitrogens with one attached hydrogen (secondary N) is 1. The van der Waals surface area contributed by atoms with Gasteiger partial charge < -0.3 is 10.9 Å². The van der Waals surface area contributed by atoms with Crippen LogP contribution in [-0.4, -0.2) is 31.3 Å². The number of oxime groups is 1. The molecule has 0 spiro atoms. The summed E-state index contributed by atoms with van der Waals surface area (Å²) in [7, 11) is -3.28.